The van der Waals surface area contributed by atoms with Gasteiger partial charge in [0.2, 0.25) is 0 Å². The fraction of sp³-hybridized carbons (Fsp3) is 0.500. The average Bonchev–Trinajstić information content (AvgIpc) is 2.55. The van der Waals surface area contributed by atoms with Gasteiger partial charge in [0.15, 0.2) is 0 Å². The maximum absolute atomic E-state index is 10.2. The molecule has 0 saturated carbocycles. The van der Waals surface area contributed by atoms with Gasteiger partial charge in [-0.2, -0.15) is 0 Å². The summed E-state index contributed by atoms with van der Waals surface area (Å²) in [7, 11) is 0. The van der Waals surface area contributed by atoms with Crippen molar-refractivity contribution in [3.05, 3.63) is 42.0 Å². The van der Waals surface area contributed by atoms with Crippen molar-refractivity contribution in [1.29, 1.82) is 0 Å². The van der Waals surface area contributed by atoms with E-state index in [0.717, 1.165) is 18.4 Å². The normalized spacial score (nSPS) is 12.9. The minimum absolute atomic E-state index is 0.516. The first-order valence-electron chi connectivity index (χ1n) is 8.35. The van der Waals surface area contributed by atoms with Crippen molar-refractivity contribution in [3.8, 4) is 11.8 Å². The minimum Gasteiger partial charge on any atom is -0.378 e. The number of hydrogen-bond acceptors (Lipinski definition) is 1. The summed E-state index contributed by atoms with van der Waals surface area (Å²) in [6.07, 6.45) is 11.3. The zero-order valence-corrected chi connectivity index (χ0v) is 16.9. The molecule has 1 nitrogen and oxygen atoms in total. The molecule has 0 radical (unpaired) electrons. The molecule has 1 rings (SSSR count). The molecule has 0 unspecified atom stereocenters. The predicted octanol–water partition coefficient (Wildman–Crippen LogP) is 6.30. The van der Waals surface area contributed by atoms with Crippen molar-refractivity contribution in [2.24, 2.45) is 0 Å². The largest absolute Gasteiger partial charge is 0.378 e. The Labute approximate surface area is 157 Å². The van der Waals surface area contributed by atoms with E-state index in [4.69, 9.17) is 0 Å². The molecular weight excluding hydrogens is 416 g/mol. The van der Waals surface area contributed by atoms with E-state index in [9.17, 15) is 5.11 Å². The topological polar surface area (TPSA) is 20.2 Å². The monoisotopic (exact) mass is 440 g/mol. The Balaban J connectivity index is 2.35. The smallest absolute Gasteiger partial charge is 0.140 e. The second-order valence-electron chi connectivity index (χ2n) is 5.71. The molecule has 0 heterocycles. The fourth-order valence-corrected chi connectivity index (χ4v) is 3.00. The van der Waals surface area contributed by atoms with Crippen molar-refractivity contribution in [2.45, 2.75) is 61.2 Å². The van der Waals surface area contributed by atoms with Crippen molar-refractivity contribution in [3.63, 3.8) is 0 Å². The number of rotatable bonds is 9. The lowest BCUT2D eigenvalue weighted by Gasteiger charge is -2.22. The molecule has 1 N–H and O–H groups in total. The first-order valence-corrected chi connectivity index (χ1v) is 9.93. The van der Waals surface area contributed by atoms with Crippen LogP contribution in [0.1, 0.15) is 57.4 Å². The highest BCUT2D eigenvalue weighted by molar-refractivity contribution is 9.25. The van der Waals surface area contributed by atoms with Crippen LogP contribution in [-0.4, -0.2) is 14.4 Å². The highest BCUT2D eigenvalue weighted by Gasteiger charge is 2.30. The zero-order chi connectivity index (χ0) is 17.0. The van der Waals surface area contributed by atoms with E-state index < -0.39 is 9.34 Å². The van der Waals surface area contributed by atoms with Crippen molar-refractivity contribution >= 4 is 37.9 Å². The standard InChI is InChI=1S/C20H26Br2O/c1-2-3-4-5-6-12-17-20(21,22)19(23)16-11-10-15-18-13-8-7-9-14-18/h7-10,13-15,19,23H,2-6,12,17H2,1H3/t19-/m1/s1. The van der Waals surface area contributed by atoms with Gasteiger partial charge in [0.25, 0.3) is 0 Å². The van der Waals surface area contributed by atoms with Crippen LogP contribution < -0.4 is 0 Å². The lowest BCUT2D eigenvalue weighted by atomic mass is 10.1. The van der Waals surface area contributed by atoms with Crippen molar-refractivity contribution in [1.82, 2.24) is 0 Å². The minimum atomic E-state index is -0.737. The summed E-state index contributed by atoms with van der Waals surface area (Å²) in [6.45, 7) is 2.23. The predicted molar refractivity (Wildman–Crippen MR) is 108 cm³/mol. The number of hydrogen-bond donors (Lipinski definition) is 1. The third kappa shape index (κ3) is 9.35. The molecule has 0 aliphatic rings. The fourth-order valence-electron chi connectivity index (χ4n) is 2.21. The average molecular weight is 442 g/mol. The first kappa shape index (κ1) is 20.5. The Kier molecular flexibility index (Phi) is 10.6. The van der Waals surface area contributed by atoms with Crippen molar-refractivity contribution in [2.75, 3.05) is 0 Å². The van der Waals surface area contributed by atoms with Gasteiger partial charge < -0.3 is 5.11 Å². The van der Waals surface area contributed by atoms with Crippen molar-refractivity contribution < 1.29 is 5.11 Å². The van der Waals surface area contributed by atoms with Gasteiger partial charge >= 0.3 is 0 Å². The Morgan fingerprint density at radius 3 is 2.43 bits per heavy atom. The Hall–Kier alpha value is -0.560. The molecule has 23 heavy (non-hydrogen) atoms. The number of aliphatic hydroxyl groups is 1. The first-order chi connectivity index (χ1) is 11.1. The van der Waals surface area contributed by atoms with Gasteiger partial charge in [0.1, 0.15) is 9.34 Å². The molecule has 1 aromatic rings. The molecule has 0 amide bonds. The third-order valence-electron chi connectivity index (χ3n) is 3.64. The van der Waals surface area contributed by atoms with Gasteiger partial charge in [-0.05, 0) is 24.1 Å². The summed E-state index contributed by atoms with van der Waals surface area (Å²) in [4.78, 5) is 0. The summed E-state index contributed by atoms with van der Waals surface area (Å²) < 4.78 is -0.516. The second-order valence-corrected chi connectivity index (χ2v) is 9.61. The molecule has 0 fully saturated rings. The van der Waals surface area contributed by atoms with Crippen LogP contribution in [0.15, 0.2) is 36.4 Å². The van der Waals surface area contributed by atoms with E-state index in [-0.39, 0.29) is 0 Å². The maximum Gasteiger partial charge on any atom is 0.140 e. The molecule has 0 aliphatic carbocycles. The van der Waals surface area contributed by atoms with E-state index in [1.807, 2.05) is 36.4 Å². The summed E-state index contributed by atoms with van der Waals surface area (Å²) in [5, 5.41) is 10.2. The number of unbranched alkanes of at least 4 members (excludes halogenated alkanes) is 5. The molecule has 0 bridgehead atoms. The number of allylic oxidation sites excluding steroid dienone is 1. The van der Waals surface area contributed by atoms with Crippen LogP contribution in [0.25, 0.3) is 6.08 Å². The van der Waals surface area contributed by atoms with Crippen LogP contribution >= 0.6 is 31.9 Å². The number of halogens is 2. The highest BCUT2D eigenvalue weighted by Crippen LogP contribution is 2.35. The van der Waals surface area contributed by atoms with Gasteiger partial charge in [-0.25, -0.2) is 0 Å². The Bertz CT molecular complexity index is 511. The van der Waals surface area contributed by atoms with Gasteiger partial charge in [-0.3, -0.25) is 0 Å². The molecule has 3 heteroatoms. The van der Waals surface area contributed by atoms with E-state index in [1.165, 1.54) is 32.1 Å². The van der Waals surface area contributed by atoms with E-state index in [1.54, 1.807) is 6.08 Å². The molecule has 126 valence electrons. The zero-order valence-electron chi connectivity index (χ0n) is 13.8. The highest BCUT2D eigenvalue weighted by atomic mass is 79.9. The molecule has 0 saturated heterocycles. The van der Waals surface area contributed by atoms with Gasteiger partial charge in [-0.1, -0.05) is 119 Å². The Morgan fingerprint density at radius 2 is 1.74 bits per heavy atom. The summed E-state index contributed by atoms with van der Waals surface area (Å²) >= 11 is 7.13. The van der Waals surface area contributed by atoms with E-state index in [0.29, 0.717) is 0 Å². The summed E-state index contributed by atoms with van der Waals surface area (Å²) in [5.74, 6) is 5.80. The van der Waals surface area contributed by atoms with Crippen LogP contribution in [0.4, 0.5) is 0 Å². The molecule has 0 aromatic heterocycles. The third-order valence-corrected chi connectivity index (χ3v) is 5.30. The lowest BCUT2D eigenvalue weighted by molar-refractivity contribution is 0.217. The van der Waals surface area contributed by atoms with Gasteiger partial charge in [-0.15, -0.1) is 0 Å². The van der Waals surface area contributed by atoms with Crippen LogP contribution in [-0.2, 0) is 0 Å². The van der Waals surface area contributed by atoms with E-state index in [2.05, 4.69) is 50.6 Å². The maximum atomic E-state index is 10.2. The molecule has 1 atom stereocenters. The molecular formula is C20H26Br2O. The molecule has 1 aromatic carbocycles. The SMILES string of the molecule is CCCCCCCCC(Br)(Br)[C@H](O)C#CC=Cc1ccccc1. The lowest BCUT2D eigenvalue weighted by Crippen LogP contribution is -2.28. The second kappa shape index (κ2) is 11.9. The number of alkyl halides is 2. The van der Waals surface area contributed by atoms with Crippen LogP contribution in [0.2, 0.25) is 0 Å². The van der Waals surface area contributed by atoms with Crippen LogP contribution in [0, 0.1) is 11.8 Å². The number of benzene rings is 1. The van der Waals surface area contributed by atoms with E-state index >= 15 is 0 Å². The quantitative estimate of drug-likeness (QED) is 0.270. The molecule has 0 spiro atoms. The Morgan fingerprint density at radius 1 is 1.09 bits per heavy atom. The van der Waals surface area contributed by atoms with Crippen LogP contribution in [0.3, 0.4) is 0 Å². The van der Waals surface area contributed by atoms with Gasteiger partial charge in [0, 0.05) is 0 Å². The van der Waals surface area contributed by atoms with Gasteiger partial charge in [0.05, 0.1) is 0 Å². The number of aliphatic hydroxyl groups excluding tert-OH is 1. The van der Waals surface area contributed by atoms with Crippen LogP contribution in [0.5, 0.6) is 0 Å². The molecule has 0 aliphatic heterocycles. The summed E-state index contributed by atoms with van der Waals surface area (Å²) in [5.41, 5.74) is 1.10. The summed E-state index contributed by atoms with van der Waals surface area (Å²) in [6, 6.07) is 10.0.